The summed E-state index contributed by atoms with van der Waals surface area (Å²) in [5.74, 6) is 2.24. The maximum absolute atomic E-state index is 12.3. The molecule has 29 heavy (non-hydrogen) atoms. The van der Waals surface area contributed by atoms with Crippen LogP contribution in [0.25, 0.3) is 0 Å². The van der Waals surface area contributed by atoms with Gasteiger partial charge in [0.1, 0.15) is 6.61 Å². The molecule has 1 aliphatic heterocycles. The Bertz CT molecular complexity index is 1020. The smallest absolute Gasteiger partial charge is 0.234 e. The third-order valence-electron chi connectivity index (χ3n) is 4.62. The predicted molar refractivity (Wildman–Crippen MR) is 111 cm³/mol. The lowest BCUT2D eigenvalue weighted by atomic mass is 10.1. The van der Waals surface area contributed by atoms with Crippen LogP contribution in [0.1, 0.15) is 24.4 Å². The van der Waals surface area contributed by atoms with Gasteiger partial charge in [-0.1, -0.05) is 43.0 Å². The van der Waals surface area contributed by atoms with Crippen LogP contribution in [0, 0.1) is 0 Å². The number of rotatable bonds is 6. The number of amides is 1. The van der Waals surface area contributed by atoms with Crippen LogP contribution >= 0.6 is 11.8 Å². The van der Waals surface area contributed by atoms with Gasteiger partial charge < -0.3 is 19.4 Å². The Kier molecular flexibility index (Phi) is 5.71. The summed E-state index contributed by atoms with van der Waals surface area (Å²) in [5, 5.41) is 12.0. The molecule has 3 aromatic rings. The molecular formula is C21H22N4O3S. The van der Waals surface area contributed by atoms with Crippen LogP contribution in [0.5, 0.6) is 11.5 Å². The van der Waals surface area contributed by atoms with Crippen LogP contribution in [0.3, 0.4) is 0 Å². The maximum Gasteiger partial charge on any atom is 0.234 e. The molecule has 4 rings (SSSR count). The van der Waals surface area contributed by atoms with Crippen LogP contribution in [0.4, 0.5) is 5.69 Å². The second kappa shape index (κ2) is 8.57. The minimum absolute atomic E-state index is 0.0843. The highest BCUT2D eigenvalue weighted by Crippen LogP contribution is 2.35. The summed E-state index contributed by atoms with van der Waals surface area (Å²) in [6.07, 6.45) is 0.583. The van der Waals surface area contributed by atoms with Crippen molar-refractivity contribution in [2.24, 2.45) is 7.05 Å². The topological polar surface area (TPSA) is 78.3 Å². The number of nitrogens with one attached hydrogen (secondary N) is 1. The summed E-state index contributed by atoms with van der Waals surface area (Å²) in [6.45, 7) is 2.45. The summed E-state index contributed by atoms with van der Waals surface area (Å²) in [7, 11) is 1.87. The quantitative estimate of drug-likeness (QED) is 0.626. The van der Waals surface area contributed by atoms with Crippen molar-refractivity contribution < 1.29 is 14.3 Å². The molecular weight excluding hydrogens is 388 g/mol. The van der Waals surface area contributed by atoms with E-state index in [4.69, 9.17) is 9.47 Å². The van der Waals surface area contributed by atoms with Crippen molar-refractivity contribution in [1.29, 1.82) is 0 Å². The second-order valence-corrected chi connectivity index (χ2v) is 7.60. The molecule has 0 spiro atoms. The highest BCUT2D eigenvalue weighted by atomic mass is 32.2. The van der Waals surface area contributed by atoms with E-state index in [2.05, 4.69) is 22.4 Å². The number of thioether (sulfide) groups is 1. The number of aryl methyl sites for hydroxylation is 1. The maximum atomic E-state index is 12.3. The molecule has 0 saturated carbocycles. The lowest BCUT2D eigenvalue weighted by molar-refractivity contribution is -0.113. The van der Waals surface area contributed by atoms with Gasteiger partial charge in [0, 0.05) is 12.7 Å². The first-order valence-corrected chi connectivity index (χ1v) is 10.4. The number of para-hydroxylation sites is 2. The second-order valence-electron chi connectivity index (χ2n) is 6.65. The first kappa shape index (κ1) is 19.3. The van der Waals surface area contributed by atoms with Crippen LogP contribution in [-0.4, -0.2) is 33.0 Å². The molecule has 2 heterocycles. The minimum atomic E-state index is -0.345. The Labute approximate surface area is 173 Å². The van der Waals surface area contributed by atoms with Gasteiger partial charge in [-0.2, -0.15) is 0 Å². The van der Waals surface area contributed by atoms with Gasteiger partial charge in [0.05, 0.1) is 5.75 Å². The summed E-state index contributed by atoms with van der Waals surface area (Å²) in [6, 6.07) is 15.4. The fourth-order valence-electron chi connectivity index (χ4n) is 3.08. The largest absolute Gasteiger partial charge is 0.485 e. The van der Waals surface area contributed by atoms with Crippen molar-refractivity contribution >= 4 is 23.4 Å². The molecule has 1 aliphatic rings. The molecule has 1 N–H and O–H groups in total. The molecule has 0 aliphatic carbocycles. The SMILES string of the molecule is CCc1cccc(NC(=O)CSc2nnc(C3COc4ccccc4O3)n2C)c1. The summed E-state index contributed by atoms with van der Waals surface area (Å²) in [5.41, 5.74) is 1.99. The zero-order valence-corrected chi connectivity index (χ0v) is 17.1. The number of ether oxygens (including phenoxy) is 2. The number of benzene rings is 2. The van der Waals surface area contributed by atoms with Gasteiger partial charge in [0.15, 0.2) is 28.6 Å². The summed E-state index contributed by atoms with van der Waals surface area (Å²) >= 11 is 1.34. The average Bonchev–Trinajstić information content (AvgIpc) is 3.12. The molecule has 8 heteroatoms. The van der Waals surface area contributed by atoms with Crippen LogP contribution < -0.4 is 14.8 Å². The van der Waals surface area contributed by atoms with Crippen molar-refractivity contribution in [3.8, 4) is 11.5 Å². The normalized spacial score (nSPS) is 15.2. The number of anilines is 1. The molecule has 1 atom stereocenters. The molecule has 2 aromatic carbocycles. The Morgan fingerprint density at radius 1 is 1.21 bits per heavy atom. The fraction of sp³-hybridized carbons (Fsp3) is 0.286. The highest BCUT2D eigenvalue weighted by molar-refractivity contribution is 7.99. The number of fused-ring (bicyclic) bond motifs is 1. The van der Waals surface area contributed by atoms with Gasteiger partial charge in [-0.05, 0) is 36.2 Å². The molecule has 150 valence electrons. The molecule has 0 radical (unpaired) electrons. The molecule has 0 bridgehead atoms. The Balaban J connectivity index is 1.37. The third-order valence-corrected chi connectivity index (χ3v) is 5.64. The lowest BCUT2D eigenvalue weighted by Crippen LogP contribution is -2.24. The highest BCUT2D eigenvalue weighted by Gasteiger charge is 2.27. The number of nitrogens with zero attached hydrogens (tertiary/aromatic N) is 3. The summed E-state index contributed by atoms with van der Waals surface area (Å²) < 4.78 is 13.6. The van der Waals surface area contributed by atoms with E-state index in [1.165, 1.54) is 17.3 Å². The van der Waals surface area contributed by atoms with E-state index in [9.17, 15) is 4.79 Å². The number of carbonyl (C=O) groups excluding carboxylic acids is 1. The van der Waals surface area contributed by atoms with Gasteiger partial charge >= 0.3 is 0 Å². The van der Waals surface area contributed by atoms with Crippen LogP contribution in [0.15, 0.2) is 53.7 Å². The molecule has 0 fully saturated rings. The van der Waals surface area contributed by atoms with Crippen molar-refractivity contribution in [3.63, 3.8) is 0 Å². The van der Waals surface area contributed by atoms with E-state index in [0.717, 1.165) is 17.9 Å². The van der Waals surface area contributed by atoms with E-state index in [0.29, 0.717) is 23.3 Å². The number of hydrogen-bond acceptors (Lipinski definition) is 6. The van der Waals surface area contributed by atoms with Crippen LogP contribution in [-0.2, 0) is 18.3 Å². The monoisotopic (exact) mass is 410 g/mol. The first-order chi connectivity index (χ1) is 14.1. The molecule has 0 saturated heterocycles. The van der Waals surface area contributed by atoms with E-state index < -0.39 is 0 Å². The molecule has 1 amide bonds. The number of carbonyl (C=O) groups is 1. The molecule has 7 nitrogen and oxygen atoms in total. The van der Waals surface area contributed by atoms with Gasteiger partial charge in [-0.25, -0.2) is 0 Å². The first-order valence-electron chi connectivity index (χ1n) is 9.43. The van der Waals surface area contributed by atoms with Gasteiger partial charge in [-0.15, -0.1) is 10.2 Å². The van der Waals surface area contributed by atoms with E-state index >= 15 is 0 Å². The zero-order chi connectivity index (χ0) is 20.2. The van der Waals surface area contributed by atoms with Gasteiger partial charge in [0.25, 0.3) is 0 Å². The number of aromatic nitrogens is 3. The predicted octanol–water partition coefficient (Wildman–Crippen LogP) is 3.62. The van der Waals surface area contributed by atoms with Crippen LogP contribution in [0.2, 0.25) is 0 Å². The van der Waals surface area contributed by atoms with Crippen molar-refractivity contribution in [1.82, 2.24) is 14.8 Å². The molecule has 1 aromatic heterocycles. The van der Waals surface area contributed by atoms with Gasteiger partial charge in [0.2, 0.25) is 5.91 Å². The fourth-order valence-corrected chi connectivity index (χ4v) is 3.79. The Morgan fingerprint density at radius 3 is 2.86 bits per heavy atom. The zero-order valence-electron chi connectivity index (χ0n) is 16.3. The Morgan fingerprint density at radius 2 is 2.03 bits per heavy atom. The van der Waals surface area contributed by atoms with E-state index in [-0.39, 0.29) is 17.8 Å². The molecule has 1 unspecified atom stereocenters. The lowest BCUT2D eigenvalue weighted by Gasteiger charge is -2.25. The van der Waals surface area contributed by atoms with E-state index in [1.54, 1.807) is 0 Å². The minimum Gasteiger partial charge on any atom is -0.485 e. The van der Waals surface area contributed by atoms with Crippen molar-refractivity contribution in [2.45, 2.75) is 24.6 Å². The Hall–Kier alpha value is -3.00. The number of hydrogen-bond donors (Lipinski definition) is 1. The van der Waals surface area contributed by atoms with Crippen molar-refractivity contribution in [2.75, 3.05) is 17.7 Å². The summed E-state index contributed by atoms with van der Waals surface area (Å²) in [4.78, 5) is 12.3. The van der Waals surface area contributed by atoms with Crippen molar-refractivity contribution in [3.05, 3.63) is 59.9 Å². The standard InChI is InChI=1S/C21H22N4O3S/c1-3-14-7-6-8-15(11-14)22-19(26)13-29-21-24-23-20(25(21)2)18-12-27-16-9-4-5-10-17(16)28-18/h4-11,18H,3,12-13H2,1-2H3,(H,22,26). The van der Waals surface area contributed by atoms with Gasteiger partial charge in [-0.3, -0.25) is 4.79 Å². The van der Waals surface area contributed by atoms with E-state index in [1.807, 2.05) is 60.1 Å². The average molecular weight is 410 g/mol. The third kappa shape index (κ3) is 4.37.